The van der Waals surface area contributed by atoms with Crippen LogP contribution in [0.5, 0.6) is 0 Å². The number of aliphatic hydroxyl groups excluding tert-OH is 1. The molecule has 0 bridgehead atoms. The molecule has 0 aliphatic carbocycles. The summed E-state index contributed by atoms with van der Waals surface area (Å²) in [5.74, 6) is -1.83. The van der Waals surface area contributed by atoms with Gasteiger partial charge >= 0.3 is 12.4 Å². The first-order chi connectivity index (χ1) is 39.3. The van der Waals surface area contributed by atoms with Gasteiger partial charge in [-0.1, -0.05) is 57.9 Å². The molecule has 0 saturated carbocycles. The van der Waals surface area contributed by atoms with Gasteiger partial charge in [-0.05, 0) is 121 Å². The van der Waals surface area contributed by atoms with Gasteiger partial charge in [0.05, 0.1) is 52.0 Å². The molecule has 2 aliphatic rings. The summed E-state index contributed by atoms with van der Waals surface area (Å²) in [7, 11) is 1.61. The highest BCUT2D eigenvalue weighted by atomic mass is 32.1. The molecule has 3 aromatic heterocycles. The van der Waals surface area contributed by atoms with Crippen LogP contribution < -0.4 is 26.2 Å². The molecule has 24 heteroatoms. The van der Waals surface area contributed by atoms with Crippen molar-refractivity contribution >= 4 is 46.6 Å². The topological polar surface area (TPSA) is 223 Å². The molecule has 4 amide bonds. The molecule has 17 nitrogen and oxygen atoms in total. The SMILES string of the molecule is Cc1ncsc1-c1ccc([C@H](C)NC(=O)[C@@H]2C[C@@H](O)CN2C(=O)[C@@H](NC(=O)CCCCCCNCc2cc3c(c(C(F)(F)F)c2)CN(c2cc(-c4cc(C(F)(F)F)ccc4-c4nncn4C)cc(NCCCC#N)n2)C3=O)C(C)(C)C)cc1. The van der Waals surface area contributed by atoms with Crippen molar-refractivity contribution in [3.8, 4) is 39.0 Å². The van der Waals surface area contributed by atoms with Crippen LogP contribution in [0.3, 0.4) is 0 Å². The lowest BCUT2D eigenvalue weighted by molar-refractivity contribution is -0.144. The van der Waals surface area contributed by atoms with E-state index in [4.69, 9.17) is 5.26 Å². The summed E-state index contributed by atoms with van der Waals surface area (Å²) < 4.78 is 88.6. The van der Waals surface area contributed by atoms with E-state index >= 15 is 0 Å². The van der Waals surface area contributed by atoms with Crippen molar-refractivity contribution < 1.29 is 50.6 Å². The van der Waals surface area contributed by atoms with E-state index in [-0.39, 0.29) is 95.6 Å². The van der Waals surface area contributed by atoms with Crippen LogP contribution in [0.2, 0.25) is 0 Å². The number of thiazole rings is 1. The number of alkyl halides is 6. The minimum atomic E-state index is -4.86. The largest absolute Gasteiger partial charge is 0.416 e. The number of aryl methyl sites for hydroxylation is 2. The van der Waals surface area contributed by atoms with Gasteiger partial charge in [0.2, 0.25) is 17.7 Å². The van der Waals surface area contributed by atoms with Crippen molar-refractivity contribution in [1.29, 1.82) is 5.26 Å². The first kappa shape index (κ1) is 61.3. The van der Waals surface area contributed by atoms with E-state index in [1.165, 1.54) is 40.1 Å². The third kappa shape index (κ3) is 14.7. The number of hydrogen-bond donors (Lipinski definition) is 5. The van der Waals surface area contributed by atoms with Gasteiger partial charge in [-0.3, -0.25) is 24.1 Å². The quantitative estimate of drug-likeness (QED) is 0.0316. The maximum Gasteiger partial charge on any atom is 0.416 e. The third-order valence-electron chi connectivity index (χ3n) is 14.8. The Morgan fingerprint density at radius 3 is 2.29 bits per heavy atom. The number of halogens is 6. The van der Waals surface area contributed by atoms with Crippen LogP contribution in [0.4, 0.5) is 38.0 Å². The minimum absolute atomic E-state index is 0.0170. The van der Waals surface area contributed by atoms with Gasteiger partial charge in [-0.2, -0.15) is 31.6 Å². The van der Waals surface area contributed by atoms with Gasteiger partial charge in [-0.15, -0.1) is 21.5 Å². The van der Waals surface area contributed by atoms with Crippen molar-refractivity contribution in [1.82, 2.24) is 45.6 Å². The van der Waals surface area contributed by atoms with Crippen LogP contribution in [-0.4, -0.2) is 96.2 Å². The highest BCUT2D eigenvalue weighted by molar-refractivity contribution is 7.13. The number of carbonyl (C=O) groups excluding carboxylic acids is 4. The summed E-state index contributed by atoms with van der Waals surface area (Å²) in [5, 5.41) is 39.8. The number of carbonyl (C=O) groups is 4. The molecule has 5 heterocycles. The van der Waals surface area contributed by atoms with Crippen LogP contribution in [0.1, 0.15) is 129 Å². The van der Waals surface area contributed by atoms with Gasteiger partial charge < -0.3 is 35.8 Å². The van der Waals surface area contributed by atoms with Gasteiger partial charge in [0.25, 0.3) is 5.91 Å². The number of rotatable bonds is 22. The summed E-state index contributed by atoms with van der Waals surface area (Å²) in [6.07, 6.45) is -6.10. The first-order valence-electron chi connectivity index (χ1n) is 27.4. The molecule has 83 heavy (non-hydrogen) atoms. The van der Waals surface area contributed by atoms with E-state index in [1.807, 2.05) is 65.0 Å². The molecule has 1 fully saturated rings. The Labute approximate surface area is 480 Å². The number of likely N-dealkylation sites (tertiary alicyclic amines) is 1. The van der Waals surface area contributed by atoms with E-state index < -0.39 is 77.4 Å². The fourth-order valence-corrected chi connectivity index (χ4v) is 11.2. The molecule has 440 valence electrons. The zero-order valence-corrected chi connectivity index (χ0v) is 47.7. The second kappa shape index (κ2) is 25.8. The lowest BCUT2D eigenvalue weighted by atomic mass is 9.85. The van der Waals surface area contributed by atoms with Crippen LogP contribution >= 0.6 is 11.3 Å². The maximum absolute atomic E-state index is 14.8. The van der Waals surface area contributed by atoms with Gasteiger partial charge in [0.1, 0.15) is 30.0 Å². The molecular weight excluding hydrogens is 1100 g/mol. The van der Waals surface area contributed by atoms with E-state index in [0.29, 0.717) is 38.6 Å². The predicted molar refractivity (Wildman–Crippen MR) is 301 cm³/mol. The summed E-state index contributed by atoms with van der Waals surface area (Å²) in [4.78, 5) is 67.9. The smallest absolute Gasteiger partial charge is 0.391 e. The zero-order valence-electron chi connectivity index (χ0n) is 46.8. The molecule has 2 aliphatic heterocycles. The average molecular weight is 1170 g/mol. The number of hydrogen-bond acceptors (Lipinski definition) is 13. The van der Waals surface area contributed by atoms with Crippen molar-refractivity contribution in [2.24, 2.45) is 12.5 Å². The fraction of sp³-hybridized carbons (Fsp3) is 0.441. The molecule has 5 N–H and O–H groups in total. The lowest BCUT2D eigenvalue weighted by Crippen LogP contribution is -2.57. The minimum Gasteiger partial charge on any atom is -0.391 e. The standard InChI is InChI=1S/C59H66F6N12O5S/c1-34(37-14-16-38(17-15-37)51-35(2)69-33-83-51)71-54(80)47-28-41(78)30-76(47)56(82)52(57(3,4)5)73-50(79)13-9-7-8-11-21-67-29-36-23-44-45(46(24-36)59(63,64)65)31-77(55(44)81)49-26-39(25-48(72-49)68-22-12-10-20-66)43-27-40(58(60,61)62)18-19-42(43)53-74-70-32-75(53)6/h14-19,23-27,32-34,41,47,52,67,78H,7-13,21-22,28-31H2,1-6H3,(H,68,72)(H,71,80)(H,73,79)/t34-,41+,47-,52+/m0/s1. The molecule has 0 unspecified atom stereocenters. The number of benzene rings is 3. The van der Waals surface area contributed by atoms with Crippen molar-refractivity contribution in [3.05, 3.63) is 118 Å². The molecule has 4 atom stereocenters. The Kier molecular flexibility index (Phi) is 19.1. The predicted octanol–water partition coefficient (Wildman–Crippen LogP) is 10.3. The van der Waals surface area contributed by atoms with Crippen molar-refractivity contribution in [2.45, 2.75) is 136 Å². The van der Waals surface area contributed by atoms with E-state index in [1.54, 1.807) is 23.9 Å². The summed E-state index contributed by atoms with van der Waals surface area (Å²) in [6.45, 7) is 9.21. The van der Waals surface area contributed by atoms with Crippen LogP contribution in [-0.2, 0) is 46.9 Å². The Morgan fingerprint density at radius 1 is 0.880 bits per heavy atom. The Hall–Kier alpha value is -7.75. The monoisotopic (exact) mass is 1170 g/mol. The van der Waals surface area contributed by atoms with E-state index in [9.17, 15) is 50.6 Å². The first-order valence-corrected chi connectivity index (χ1v) is 28.2. The molecular formula is C59H66F6N12O5S. The molecule has 0 spiro atoms. The average Bonchev–Trinajstić information content (AvgIpc) is 4.40. The number of β-amino-alcohol motifs (C(OH)–C–C–N with tert-alkyl or cyclic N) is 1. The number of pyridine rings is 1. The zero-order chi connectivity index (χ0) is 60.0. The summed E-state index contributed by atoms with van der Waals surface area (Å²) in [5.41, 5.74) is 2.01. The molecule has 3 aromatic carbocycles. The highest BCUT2D eigenvalue weighted by Crippen LogP contribution is 2.43. The van der Waals surface area contributed by atoms with Crippen molar-refractivity contribution in [2.75, 3.05) is 29.9 Å². The number of nitrogens with zero attached hydrogens (tertiary/aromatic N) is 8. The van der Waals surface area contributed by atoms with E-state index in [0.717, 1.165) is 44.8 Å². The number of amides is 4. The Bertz CT molecular complexity index is 3370. The Morgan fingerprint density at radius 2 is 1.63 bits per heavy atom. The highest BCUT2D eigenvalue weighted by Gasteiger charge is 2.45. The number of aromatic nitrogens is 5. The second-order valence-electron chi connectivity index (χ2n) is 22.1. The van der Waals surface area contributed by atoms with Gasteiger partial charge in [-0.25, -0.2) is 9.97 Å². The number of nitriles is 1. The third-order valence-corrected chi connectivity index (χ3v) is 15.8. The van der Waals surface area contributed by atoms with Crippen molar-refractivity contribution in [3.63, 3.8) is 0 Å². The molecule has 0 radical (unpaired) electrons. The van der Waals surface area contributed by atoms with Gasteiger partial charge in [0.15, 0.2) is 5.82 Å². The number of unbranched alkanes of at least 4 members (excludes halogenated alkanes) is 4. The van der Waals surface area contributed by atoms with Crippen LogP contribution in [0.25, 0.3) is 33.0 Å². The molecule has 1 saturated heterocycles. The lowest BCUT2D eigenvalue weighted by Gasteiger charge is -2.35. The van der Waals surface area contributed by atoms with E-state index in [2.05, 4.69) is 41.4 Å². The van der Waals surface area contributed by atoms with Crippen LogP contribution in [0.15, 0.2) is 78.6 Å². The Balaban J connectivity index is 0.861. The second-order valence-corrected chi connectivity index (χ2v) is 22.9. The number of fused-ring (bicyclic) bond motifs is 1. The normalized spacial score (nSPS) is 16.2. The summed E-state index contributed by atoms with van der Waals surface area (Å²) in [6, 6.07) is 15.8. The number of aliphatic hydroxyl groups is 1. The molecule has 6 aromatic rings. The maximum atomic E-state index is 14.8. The summed E-state index contributed by atoms with van der Waals surface area (Å²) >= 11 is 1.54. The number of anilines is 2. The number of nitrogens with one attached hydrogen (secondary N) is 4. The van der Waals surface area contributed by atoms with Gasteiger partial charge in [0, 0.05) is 57.1 Å². The molecule has 8 rings (SSSR count). The van der Waals surface area contributed by atoms with Crippen LogP contribution in [0, 0.1) is 23.7 Å². The fourth-order valence-electron chi connectivity index (χ4n) is 10.3.